The van der Waals surface area contributed by atoms with Crippen LogP contribution in [0.15, 0.2) is 241 Å². The Labute approximate surface area is 360 Å². The van der Waals surface area contributed by atoms with Gasteiger partial charge in [0.1, 0.15) is 11.2 Å². The molecular formula is C60H39NO. The van der Waals surface area contributed by atoms with Crippen molar-refractivity contribution < 1.29 is 4.42 Å². The summed E-state index contributed by atoms with van der Waals surface area (Å²) in [4.78, 5) is 2.42. The predicted octanol–water partition coefficient (Wildman–Crippen LogP) is 17.2. The number of fused-ring (bicyclic) bond motifs is 7. The van der Waals surface area contributed by atoms with Gasteiger partial charge in [0, 0.05) is 27.5 Å². The van der Waals surface area contributed by atoms with Gasteiger partial charge in [-0.3, -0.25) is 0 Å². The standard InChI is InChI=1S/C60H39NO/c1-2-12-40(13-3-1)41-22-24-44(25-23-41)52-36-30-43-14-4-7-17-51(43)60(52)45-28-34-49(35-29-45)61(57-39-47-15-5-6-16-50(47)53-18-8-9-19-54(53)57)48-32-26-42(27-33-48)46-31-37-59-56(38-46)55-20-10-11-21-58(55)62-59/h1-39H. The number of rotatable bonds is 7. The maximum absolute atomic E-state index is 6.16. The largest absolute Gasteiger partial charge is 0.456 e. The highest BCUT2D eigenvalue weighted by atomic mass is 16.3. The van der Waals surface area contributed by atoms with Crippen LogP contribution in [0, 0.1) is 0 Å². The van der Waals surface area contributed by atoms with Crippen LogP contribution in [-0.2, 0) is 0 Å². The third kappa shape index (κ3) is 6.12. The lowest BCUT2D eigenvalue weighted by Crippen LogP contribution is -2.10. The van der Waals surface area contributed by atoms with Gasteiger partial charge in [0.05, 0.1) is 5.69 Å². The molecule has 1 heterocycles. The molecule has 290 valence electrons. The van der Waals surface area contributed by atoms with Crippen LogP contribution in [0.3, 0.4) is 0 Å². The molecule has 0 spiro atoms. The van der Waals surface area contributed by atoms with Crippen LogP contribution in [-0.4, -0.2) is 0 Å². The summed E-state index contributed by atoms with van der Waals surface area (Å²) >= 11 is 0. The van der Waals surface area contributed by atoms with E-state index in [1.165, 1.54) is 65.7 Å². The van der Waals surface area contributed by atoms with Crippen LogP contribution in [0.5, 0.6) is 0 Å². The lowest BCUT2D eigenvalue weighted by Gasteiger charge is -2.28. The second-order valence-corrected chi connectivity index (χ2v) is 16.1. The molecule has 1 aromatic heterocycles. The molecule has 12 rings (SSSR count). The highest BCUT2D eigenvalue weighted by Crippen LogP contribution is 2.45. The zero-order chi connectivity index (χ0) is 41.0. The van der Waals surface area contributed by atoms with Gasteiger partial charge in [0.15, 0.2) is 0 Å². The van der Waals surface area contributed by atoms with Crippen molar-refractivity contribution in [3.05, 3.63) is 237 Å². The summed E-state index contributed by atoms with van der Waals surface area (Å²) in [5.41, 5.74) is 14.7. The van der Waals surface area contributed by atoms with Crippen LogP contribution >= 0.6 is 0 Å². The van der Waals surface area contributed by atoms with Crippen molar-refractivity contribution in [3.63, 3.8) is 0 Å². The van der Waals surface area contributed by atoms with E-state index in [-0.39, 0.29) is 0 Å². The molecule has 0 saturated carbocycles. The van der Waals surface area contributed by atoms with E-state index < -0.39 is 0 Å². The first-order valence-corrected chi connectivity index (χ1v) is 21.2. The average Bonchev–Trinajstić information content (AvgIpc) is 3.73. The van der Waals surface area contributed by atoms with E-state index in [9.17, 15) is 0 Å². The van der Waals surface area contributed by atoms with Gasteiger partial charge in [-0.05, 0) is 120 Å². The third-order valence-electron chi connectivity index (χ3n) is 12.5. The van der Waals surface area contributed by atoms with E-state index in [0.29, 0.717) is 0 Å². The van der Waals surface area contributed by atoms with Gasteiger partial charge >= 0.3 is 0 Å². The second kappa shape index (κ2) is 14.8. The minimum Gasteiger partial charge on any atom is -0.456 e. The Hall–Kier alpha value is -8.20. The van der Waals surface area contributed by atoms with Crippen LogP contribution in [0.25, 0.3) is 98.8 Å². The minimum atomic E-state index is 0.904. The SMILES string of the molecule is c1ccc(-c2ccc(-c3ccc4ccccc4c3-c3ccc(N(c4ccc(-c5ccc6oc7ccccc7c6c5)cc4)c4cc5ccccc5c5ccccc45)cc3)cc2)cc1. The number of anilines is 3. The number of benzene rings is 11. The van der Waals surface area contributed by atoms with Gasteiger partial charge in [-0.15, -0.1) is 0 Å². The molecular weight excluding hydrogens is 751 g/mol. The van der Waals surface area contributed by atoms with Gasteiger partial charge in [0.25, 0.3) is 0 Å². The zero-order valence-corrected chi connectivity index (χ0v) is 33.9. The summed E-state index contributed by atoms with van der Waals surface area (Å²) in [5.74, 6) is 0. The molecule has 62 heavy (non-hydrogen) atoms. The Morgan fingerprint density at radius 2 is 0.790 bits per heavy atom. The molecule has 0 radical (unpaired) electrons. The maximum atomic E-state index is 6.16. The van der Waals surface area contributed by atoms with E-state index in [2.05, 4.69) is 229 Å². The molecule has 0 aliphatic heterocycles. The summed E-state index contributed by atoms with van der Waals surface area (Å²) in [6.45, 7) is 0. The second-order valence-electron chi connectivity index (χ2n) is 16.1. The van der Waals surface area contributed by atoms with Crippen molar-refractivity contribution in [1.82, 2.24) is 0 Å². The van der Waals surface area contributed by atoms with Crippen molar-refractivity contribution in [1.29, 1.82) is 0 Å². The highest BCUT2D eigenvalue weighted by Gasteiger charge is 2.19. The fraction of sp³-hybridized carbons (Fsp3) is 0. The molecule has 0 N–H and O–H groups in total. The molecule has 0 aliphatic carbocycles. The van der Waals surface area contributed by atoms with Crippen molar-refractivity contribution in [2.24, 2.45) is 0 Å². The Morgan fingerprint density at radius 1 is 0.274 bits per heavy atom. The lowest BCUT2D eigenvalue weighted by molar-refractivity contribution is 0.669. The Bertz CT molecular complexity index is 3600. The highest BCUT2D eigenvalue weighted by molar-refractivity contribution is 6.15. The number of nitrogens with zero attached hydrogens (tertiary/aromatic N) is 1. The molecule has 0 bridgehead atoms. The molecule has 12 aromatic rings. The van der Waals surface area contributed by atoms with Gasteiger partial charge in [-0.1, -0.05) is 188 Å². The topological polar surface area (TPSA) is 16.4 Å². The van der Waals surface area contributed by atoms with E-state index >= 15 is 0 Å². The number of furan rings is 1. The van der Waals surface area contributed by atoms with Crippen molar-refractivity contribution >= 4 is 71.3 Å². The fourth-order valence-corrected chi connectivity index (χ4v) is 9.43. The first-order chi connectivity index (χ1) is 30.7. The first-order valence-electron chi connectivity index (χ1n) is 21.2. The first kappa shape index (κ1) is 35.7. The zero-order valence-electron chi connectivity index (χ0n) is 33.9. The summed E-state index contributed by atoms with van der Waals surface area (Å²) in [6, 6.07) is 85.6. The molecule has 2 nitrogen and oxygen atoms in total. The van der Waals surface area contributed by atoms with Crippen molar-refractivity contribution in [2.75, 3.05) is 4.90 Å². The molecule has 2 heteroatoms. The molecule has 0 unspecified atom stereocenters. The quantitative estimate of drug-likeness (QED) is 0.150. The van der Waals surface area contributed by atoms with E-state index in [0.717, 1.165) is 50.1 Å². The lowest BCUT2D eigenvalue weighted by atomic mass is 9.89. The molecule has 0 aliphatic rings. The minimum absolute atomic E-state index is 0.904. The fourth-order valence-electron chi connectivity index (χ4n) is 9.43. The van der Waals surface area contributed by atoms with Crippen LogP contribution in [0.1, 0.15) is 0 Å². The van der Waals surface area contributed by atoms with E-state index in [4.69, 9.17) is 4.42 Å². The van der Waals surface area contributed by atoms with Gasteiger partial charge < -0.3 is 9.32 Å². The van der Waals surface area contributed by atoms with Gasteiger partial charge in [-0.25, -0.2) is 0 Å². The molecule has 0 fully saturated rings. The number of para-hydroxylation sites is 1. The number of hydrogen-bond donors (Lipinski definition) is 0. The monoisotopic (exact) mass is 789 g/mol. The molecule has 0 amide bonds. The van der Waals surface area contributed by atoms with Gasteiger partial charge in [-0.2, -0.15) is 0 Å². The van der Waals surface area contributed by atoms with Gasteiger partial charge in [0.2, 0.25) is 0 Å². The smallest absolute Gasteiger partial charge is 0.135 e. The third-order valence-corrected chi connectivity index (χ3v) is 12.5. The van der Waals surface area contributed by atoms with Crippen LogP contribution < -0.4 is 4.90 Å². The number of hydrogen-bond acceptors (Lipinski definition) is 2. The Balaban J connectivity index is 0.992. The summed E-state index contributed by atoms with van der Waals surface area (Å²) in [5, 5.41) is 9.62. The van der Waals surface area contributed by atoms with E-state index in [1.807, 2.05) is 12.1 Å². The predicted molar refractivity (Wildman–Crippen MR) is 263 cm³/mol. The molecule has 0 atom stereocenters. The summed E-state index contributed by atoms with van der Waals surface area (Å²) < 4.78 is 6.16. The van der Waals surface area contributed by atoms with Crippen molar-refractivity contribution in [2.45, 2.75) is 0 Å². The maximum Gasteiger partial charge on any atom is 0.135 e. The summed E-state index contributed by atoms with van der Waals surface area (Å²) in [7, 11) is 0. The Morgan fingerprint density at radius 3 is 1.55 bits per heavy atom. The molecule has 0 saturated heterocycles. The van der Waals surface area contributed by atoms with Crippen LogP contribution in [0.4, 0.5) is 17.1 Å². The summed E-state index contributed by atoms with van der Waals surface area (Å²) in [6.07, 6.45) is 0. The Kier molecular flexibility index (Phi) is 8.53. The average molecular weight is 790 g/mol. The van der Waals surface area contributed by atoms with E-state index in [1.54, 1.807) is 0 Å². The van der Waals surface area contributed by atoms with Crippen molar-refractivity contribution in [3.8, 4) is 44.5 Å². The molecule has 11 aromatic carbocycles. The van der Waals surface area contributed by atoms with Crippen LogP contribution in [0.2, 0.25) is 0 Å². The normalized spacial score (nSPS) is 11.5.